The predicted molar refractivity (Wildman–Crippen MR) is 70.2 cm³/mol. The van der Waals surface area contributed by atoms with Gasteiger partial charge in [0.1, 0.15) is 12.2 Å². The lowest BCUT2D eigenvalue weighted by atomic mass is 9.98. The van der Waals surface area contributed by atoms with Crippen molar-refractivity contribution in [3.05, 3.63) is 12.2 Å². The van der Waals surface area contributed by atoms with Gasteiger partial charge >= 0.3 is 0 Å². The van der Waals surface area contributed by atoms with Crippen molar-refractivity contribution in [2.24, 2.45) is 5.92 Å². The maximum atomic E-state index is 5.45. The zero-order valence-corrected chi connectivity index (χ0v) is 11.8. The predicted octanol–water partition coefficient (Wildman–Crippen LogP) is 1.55. The minimum Gasteiger partial charge on any atom is -0.381 e. The fourth-order valence-corrected chi connectivity index (χ4v) is 2.35. The second-order valence-corrected chi connectivity index (χ2v) is 6.09. The molecule has 5 heteroatoms. The maximum Gasteiger partial charge on any atom is 0.141 e. The molecule has 2 atom stereocenters. The Morgan fingerprint density at radius 2 is 2.28 bits per heavy atom. The van der Waals surface area contributed by atoms with E-state index in [0.29, 0.717) is 12.0 Å². The Morgan fingerprint density at radius 3 is 2.94 bits per heavy atom. The third kappa shape index (κ3) is 3.09. The summed E-state index contributed by atoms with van der Waals surface area (Å²) in [6.45, 7) is 11.1. The van der Waals surface area contributed by atoms with Crippen LogP contribution >= 0.6 is 0 Å². The standard InChI is InChI=1S/C13H24N4O/c1-10-8-18-6-5-11(10)14-7-12-15-9-16-17(12)13(2,3)4/h9-11,14H,5-8H2,1-4H3. The minimum absolute atomic E-state index is 0.0190. The first kappa shape index (κ1) is 13.5. The van der Waals surface area contributed by atoms with E-state index < -0.39 is 0 Å². The van der Waals surface area contributed by atoms with Crippen molar-refractivity contribution in [2.45, 2.75) is 52.2 Å². The number of hydrogen-bond donors (Lipinski definition) is 1. The van der Waals surface area contributed by atoms with Crippen LogP contribution in [0.3, 0.4) is 0 Å². The highest BCUT2D eigenvalue weighted by Crippen LogP contribution is 2.16. The summed E-state index contributed by atoms with van der Waals surface area (Å²) in [4.78, 5) is 4.35. The van der Waals surface area contributed by atoms with Gasteiger partial charge in [0.25, 0.3) is 0 Å². The molecular formula is C13H24N4O. The third-order valence-corrected chi connectivity index (χ3v) is 3.42. The lowest BCUT2D eigenvalue weighted by Crippen LogP contribution is -2.42. The lowest BCUT2D eigenvalue weighted by Gasteiger charge is -2.30. The summed E-state index contributed by atoms with van der Waals surface area (Å²) in [7, 11) is 0. The van der Waals surface area contributed by atoms with Crippen LogP contribution in [0.5, 0.6) is 0 Å². The average Bonchev–Trinajstić information content (AvgIpc) is 2.76. The zero-order chi connectivity index (χ0) is 13.2. The van der Waals surface area contributed by atoms with E-state index in [1.807, 2.05) is 4.68 Å². The summed E-state index contributed by atoms with van der Waals surface area (Å²) in [6.07, 6.45) is 2.71. The molecule has 1 N–H and O–H groups in total. The van der Waals surface area contributed by atoms with E-state index in [2.05, 4.69) is 43.1 Å². The highest BCUT2D eigenvalue weighted by molar-refractivity contribution is 4.91. The lowest BCUT2D eigenvalue weighted by molar-refractivity contribution is 0.0382. The van der Waals surface area contributed by atoms with E-state index in [1.165, 1.54) is 0 Å². The van der Waals surface area contributed by atoms with Gasteiger partial charge in [-0.3, -0.25) is 0 Å². The molecule has 2 heterocycles. The van der Waals surface area contributed by atoms with Crippen LogP contribution in [0.2, 0.25) is 0 Å². The second kappa shape index (κ2) is 5.36. The fourth-order valence-electron chi connectivity index (χ4n) is 2.35. The molecule has 2 rings (SSSR count). The van der Waals surface area contributed by atoms with Gasteiger partial charge in [0, 0.05) is 12.6 Å². The van der Waals surface area contributed by atoms with Crippen LogP contribution in [-0.4, -0.2) is 34.0 Å². The first-order valence-electron chi connectivity index (χ1n) is 6.69. The normalized spacial score (nSPS) is 25.3. The number of rotatable bonds is 3. The first-order chi connectivity index (χ1) is 8.48. The summed E-state index contributed by atoms with van der Waals surface area (Å²) >= 11 is 0. The molecule has 1 aromatic rings. The Bertz CT molecular complexity index is 383. The number of nitrogens with zero attached hydrogens (tertiary/aromatic N) is 3. The van der Waals surface area contributed by atoms with E-state index in [0.717, 1.165) is 32.0 Å². The van der Waals surface area contributed by atoms with Crippen LogP contribution in [0.15, 0.2) is 6.33 Å². The molecule has 0 radical (unpaired) electrons. The Morgan fingerprint density at radius 1 is 1.50 bits per heavy atom. The van der Waals surface area contributed by atoms with E-state index in [4.69, 9.17) is 4.74 Å². The molecule has 5 nitrogen and oxygen atoms in total. The molecule has 1 aromatic heterocycles. The van der Waals surface area contributed by atoms with Gasteiger partial charge in [0.05, 0.1) is 18.7 Å². The van der Waals surface area contributed by atoms with Gasteiger partial charge in [-0.1, -0.05) is 6.92 Å². The van der Waals surface area contributed by atoms with Crippen molar-refractivity contribution in [3.63, 3.8) is 0 Å². The van der Waals surface area contributed by atoms with Gasteiger partial charge in [-0.2, -0.15) is 5.10 Å². The largest absolute Gasteiger partial charge is 0.381 e. The van der Waals surface area contributed by atoms with Gasteiger partial charge in [-0.15, -0.1) is 0 Å². The van der Waals surface area contributed by atoms with Crippen molar-refractivity contribution < 1.29 is 4.74 Å². The summed E-state index contributed by atoms with van der Waals surface area (Å²) in [5.41, 5.74) is -0.0190. The Hall–Kier alpha value is -0.940. The number of hydrogen-bond acceptors (Lipinski definition) is 4. The minimum atomic E-state index is -0.0190. The molecule has 0 saturated carbocycles. The highest BCUT2D eigenvalue weighted by atomic mass is 16.5. The van der Waals surface area contributed by atoms with Gasteiger partial charge in [-0.05, 0) is 33.1 Å². The van der Waals surface area contributed by atoms with Crippen LogP contribution in [0.25, 0.3) is 0 Å². The topological polar surface area (TPSA) is 52.0 Å². The fraction of sp³-hybridized carbons (Fsp3) is 0.846. The average molecular weight is 252 g/mol. The van der Waals surface area contributed by atoms with Gasteiger partial charge in [0.15, 0.2) is 0 Å². The monoisotopic (exact) mass is 252 g/mol. The van der Waals surface area contributed by atoms with Crippen LogP contribution < -0.4 is 5.32 Å². The van der Waals surface area contributed by atoms with Gasteiger partial charge in [0.2, 0.25) is 0 Å². The van der Waals surface area contributed by atoms with Crippen LogP contribution in [0.4, 0.5) is 0 Å². The molecule has 102 valence electrons. The van der Waals surface area contributed by atoms with Crippen LogP contribution in [-0.2, 0) is 16.8 Å². The van der Waals surface area contributed by atoms with E-state index in [-0.39, 0.29) is 5.54 Å². The van der Waals surface area contributed by atoms with Crippen molar-refractivity contribution >= 4 is 0 Å². The summed E-state index contributed by atoms with van der Waals surface area (Å²) in [5.74, 6) is 1.56. The number of aromatic nitrogens is 3. The Kier molecular flexibility index (Phi) is 4.02. The molecule has 0 aromatic carbocycles. The number of ether oxygens (including phenoxy) is 1. The second-order valence-electron chi connectivity index (χ2n) is 6.09. The Balaban J connectivity index is 1.96. The molecule has 0 amide bonds. The van der Waals surface area contributed by atoms with Crippen LogP contribution in [0.1, 0.15) is 39.9 Å². The molecule has 18 heavy (non-hydrogen) atoms. The third-order valence-electron chi connectivity index (χ3n) is 3.42. The molecule has 0 spiro atoms. The summed E-state index contributed by atoms with van der Waals surface area (Å²) < 4.78 is 7.44. The molecule has 1 aliphatic heterocycles. The molecule has 1 saturated heterocycles. The maximum absolute atomic E-state index is 5.45. The summed E-state index contributed by atoms with van der Waals surface area (Å²) in [5, 5.41) is 7.89. The van der Waals surface area contributed by atoms with Crippen molar-refractivity contribution in [1.82, 2.24) is 20.1 Å². The molecule has 0 aliphatic carbocycles. The Labute approximate surface area is 109 Å². The molecule has 2 unspecified atom stereocenters. The van der Waals surface area contributed by atoms with Crippen molar-refractivity contribution in [2.75, 3.05) is 13.2 Å². The molecule has 1 fully saturated rings. The molecule has 1 aliphatic rings. The quantitative estimate of drug-likeness (QED) is 0.886. The SMILES string of the molecule is CC1COCCC1NCc1ncnn1C(C)(C)C. The number of nitrogens with one attached hydrogen (secondary N) is 1. The highest BCUT2D eigenvalue weighted by Gasteiger charge is 2.23. The first-order valence-corrected chi connectivity index (χ1v) is 6.69. The van der Waals surface area contributed by atoms with Crippen molar-refractivity contribution in [3.8, 4) is 0 Å². The van der Waals surface area contributed by atoms with E-state index in [9.17, 15) is 0 Å². The summed E-state index contributed by atoms with van der Waals surface area (Å²) in [6, 6.07) is 0.517. The van der Waals surface area contributed by atoms with Gasteiger partial charge in [-0.25, -0.2) is 9.67 Å². The van der Waals surface area contributed by atoms with E-state index >= 15 is 0 Å². The molecular weight excluding hydrogens is 228 g/mol. The zero-order valence-electron chi connectivity index (χ0n) is 11.8. The van der Waals surface area contributed by atoms with Gasteiger partial charge < -0.3 is 10.1 Å². The van der Waals surface area contributed by atoms with E-state index in [1.54, 1.807) is 6.33 Å². The van der Waals surface area contributed by atoms with Crippen LogP contribution in [0, 0.1) is 5.92 Å². The molecule has 0 bridgehead atoms. The smallest absolute Gasteiger partial charge is 0.141 e. The van der Waals surface area contributed by atoms with Crippen molar-refractivity contribution in [1.29, 1.82) is 0 Å².